The van der Waals surface area contributed by atoms with Crippen molar-refractivity contribution in [1.82, 2.24) is 4.90 Å². The molecule has 1 aromatic heterocycles. The number of amides is 1. The Bertz CT molecular complexity index is 1500. The summed E-state index contributed by atoms with van der Waals surface area (Å²) in [6.07, 6.45) is 2.00. The molecule has 0 saturated carbocycles. The van der Waals surface area contributed by atoms with Gasteiger partial charge in [0.1, 0.15) is 11.3 Å². The SMILES string of the molecule is CCCCOc1cccc(C2c3c(oc4c(C)cc(C)cc4c3=O)C(=O)N2Cc2ccc(C)cc2)c1. The molecule has 0 radical (unpaired) electrons. The Morgan fingerprint density at radius 3 is 2.47 bits per heavy atom. The Kier molecular flexibility index (Phi) is 6.40. The molecule has 36 heavy (non-hydrogen) atoms. The lowest BCUT2D eigenvalue weighted by Crippen LogP contribution is -2.29. The number of carbonyl (C=O) groups is 1. The molecule has 1 amide bonds. The van der Waals surface area contributed by atoms with Crippen LogP contribution in [0.5, 0.6) is 5.75 Å². The van der Waals surface area contributed by atoms with Crippen LogP contribution in [-0.2, 0) is 6.54 Å². The van der Waals surface area contributed by atoms with Crippen molar-refractivity contribution in [3.63, 3.8) is 0 Å². The zero-order valence-electron chi connectivity index (χ0n) is 21.3. The molecule has 0 bridgehead atoms. The molecule has 0 saturated heterocycles. The highest BCUT2D eigenvalue weighted by Gasteiger charge is 2.43. The van der Waals surface area contributed by atoms with E-state index >= 15 is 0 Å². The molecule has 1 aliphatic rings. The molecule has 5 nitrogen and oxygen atoms in total. The van der Waals surface area contributed by atoms with Gasteiger partial charge in [-0.1, -0.05) is 61.4 Å². The van der Waals surface area contributed by atoms with E-state index < -0.39 is 6.04 Å². The Hall–Kier alpha value is -3.86. The monoisotopic (exact) mass is 481 g/mol. The van der Waals surface area contributed by atoms with E-state index in [-0.39, 0.29) is 17.1 Å². The summed E-state index contributed by atoms with van der Waals surface area (Å²) in [6, 6.07) is 19.1. The van der Waals surface area contributed by atoms with Gasteiger partial charge in [0.05, 0.1) is 23.6 Å². The van der Waals surface area contributed by atoms with Crippen molar-refractivity contribution in [2.75, 3.05) is 6.61 Å². The summed E-state index contributed by atoms with van der Waals surface area (Å²) in [6.45, 7) is 9.01. The van der Waals surface area contributed by atoms with Crippen molar-refractivity contribution in [3.8, 4) is 5.75 Å². The van der Waals surface area contributed by atoms with Gasteiger partial charge in [-0.2, -0.15) is 0 Å². The largest absolute Gasteiger partial charge is 0.494 e. The molecule has 184 valence electrons. The molecule has 1 unspecified atom stereocenters. The van der Waals surface area contributed by atoms with Gasteiger partial charge in [-0.3, -0.25) is 9.59 Å². The summed E-state index contributed by atoms with van der Waals surface area (Å²) in [5.41, 5.74) is 5.52. The fraction of sp³-hybridized carbons (Fsp3) is 0.290. The van der Waals surface area contributed by atoms with Crippen LogP contribution in [0.2, 0.25) is 0 Å². The minimum Gasteiger partial charge on any atom is -0.494 e. The van der Waals surface area contributed by atoms with Gasteiger partial charge in [-0.05, 0) is 67.6 Å². The van der Waals surface area contributed by atoms with Crippen LogP contribution in [-0.4, -0.2) is 17.4 Å². The van der Waals surface area contributed by atoms with Gasteiger partial charge in [0.2, 0.25) is 5.76 Å². The first kappa shape index (κ1) is 23.9. The lowest BCUT2D eigenvalue weighted by molar-refractivity contribution is 0.0714. The van der Waals surface area contributed by atoms with E-state index in [2.05, 4.69) is 6.92 Å². The molecular weight excluding hydrogens is 450 g/mol. The molecule has 0 spiro atoms. The van der Waals surface area contributed by atoms with Gasteiger partial charge < -0.3 is 14.1 Å². The van der Waals surface area contributed by atoms with Gasteiger partial charge in [0, 0.05) is 6.54 Å². The second kappa shape index (κ2) is 9.65. The molecule has 1 aliphatic heterocycles. The molecule has 3 aromatic carbocycles. The quantitative estimate of drug-likeness (QED) is 0.278. The summed E-state index contributed by atoms with van der Waals surface area (Å²) in [5.74, 6) is 0.592. The van der Waals surface area contributed by atoms with Crippen LogP contribution in [0.25, 0.3) is 11.0 Å². The molecule has 0 N–H and O–H groups in total. The van der Waals surface area contributed by atoms with E-state index in [1.54, 1.807) is 4.90 Å². The lowest BCUT2D eigenvalue weighted by atomic mass is 9.97. The third-order valence-electron chi connectivity index (χ3n) is 6.81. The average Bonchev–Trinajstić information content (AvgIpc) is 3.13. The number of hydrogen-bond acceptors (Lipinski definition) is 4. The second-order valence-corrected chi connectivity index (χ2v) is 9.73. The van der Waals surface area contributed by atoms with Crippen LogP contribution >= 0.6 is 0 Å². The van der Waals surface area contributed by atoms with E-state index in [1.165, 1.54) is 0 Å². The summed E-state index contributed by atoms with van der Waals surface area (Å²) in [7, 11) is 0. The molecule has 2 heterocycles. The topological polar surface area (TPSA) is 59.8 Å². The highest BCUT2D eigenvalue weighted by Crippen LogP contribution is 2.40. The number of benzene rings is 3. The number of ether oxygens (including phenoxy) is 1. The van der Waals surface area contributed by atoms with Crippen molar-refractivity contribution in [2.24, 2.45) is 0 Å². The second-order valence-electron chi connectivity index (χ2n) is 9.73. The van der Waals surface area contributed by atoms with Gasteiger partial charge >= 0.3 is 0 Å². The maximum atomic E-state index is 13.9. The lowest BCUT2D eigenvalue weighted by Gasteiger charge is -2.25. The first-order valence-electron chi connectivity index (χ1n) is 12.5. The van der Waals surface area contributed by atoms with Crippen molar-refractivity contribution in [3.05, 3.63) is 110 Å². The van der Waals surface area contributed by atoms with Crippen LogP contribution in [0.15, 0.2) is 69.9 Å². The minimum absolute atomic E-state index is 0.133. The molecular formula is C31H31NO4. The Morgan fingerprint density at radius 2 is 1.72 bits per heavy atom. The Labute approximate surface area is 211 Å². The van der Waals surface area contributed by atoms with E-state index in [9.17, 15) is 9.59 Å². The zero-order valence-corrected chi connectivity index (χ0v) is 21.3. The number of rotatable bonds is 7. The first-order valence-corrected chi connectivity index (χ1v) is 12.5. The van der Waals surface area contributed by atoms with Crippen molar-refractivity contribution in [1.29, 1.82) is 0 Å². The van der Waals surface area contributed by atoms with E-state index in [0.29, 0.717) is 29.7 Å². The molecule has 0 aliphatic carbocycles. The minimum atomic E-state index is -0.565. The number of aryl methyl sites for hydroxylation is 3. The summed E-state index contributed by atoms with van der Waals surface area (Å²) in [4.78, 5) is 29.4. The molecule has 0 fully saturated rings. The summed E-state index contributed by atoms with van der Waals surface area (Å²) in [5, 5.41) is 0.511. The van der Waals surface area contributed by atoms with Crippen molar-refractivity contribution in [2.45, 2.75) is 53.1 Å². The average molecular weight is 482 g/mol. The third kappa shape index (κ3) is 4.30. The van der Waals surface area contributed by atoms with E-state index in [1.807, 2.05) is 81.4 Å². The predicted octanol–water partition coefficient (Wildman–Crippen LogP) is 6.64. The van der Waals surface area contributed by atoms with Gasteiger partial charge in [-0.15, -0.1) is 0 Å². The predicted molar refractivity (Wildman–Crippen MR) is 142 cm³/mol. The van der Waals surface area contributed by atoms with Crippen LogP contribution < -0.4 is 10.2 Å². The molecule has 5 heteroatoms. The van der Waals surface area contributed by atoms with Crippen LogP contribution in [0.4, 0.5) is 0 Å². The van der Waals surface area contributed by atoms with Crippen molar-refractivity contribution >= 4 is 16.9 Å². The number of carbonyl (C=O) groups excluding carboxylic acids is 1. The van der Waals surface area contributed by atoms with Gasteiger partial charge in [-0.25, -0.2) is 0 Å². The number of unbranched alkanes of at least 4 members (excludes halogenated alkanes) is 1. The highest BCUT2D eigenvalue weighted by atomic mass is 16.5. The zero-order chi connectivity index (χ0) is 25.4. The number of fused-ring (bicyclic) bond motifs is 2. The van der Waals surface area contributed by atoms with E-state index in [4.69, 9.17) is 9.15 Å². The molecule has 4 aromatic rings. The standard InChI is InChI=1S/C31H31NO4/c1-5-6-14-35-24-9-7-8-23(17-24)27-26-28(33)25-16-20(3)15-21(4)29(25)36-30(26)31(34)32(27)18-22-12-10-19(2)11-13-22/h7-13,15-17,27H,5-6,14,18H2,1-4H3. The van der Waals surface area contributed by atoms with Crippen LogP contribution in [0.3, 0.4) is 0 Å². The Morgan fingerprint density at radius 1 is 0.944 bits per heavy atom. The maximum Gasteiger partial charge on any atom is 0.291 e. The number of nitrogens with zero attached hydrogens (tertiary/aromatic N) is 1. The van der Waals surface area contributed by atoms with Gasteiger partial charge in [0.15, 0.2) is 5.43 Å². The van der Waals surface area contributed by atoms with Crippen LogP contribution in [0.1, 0.15) is 69.7 Å². The molecule has 5 rings (SSSR count). The maximum absolute atomic E-state index is 13.9. The first-order chi connectivity index (χ1) is 17.4. The fourth-order valence-corrected chi connectivity index (χ4v) is 4.98. The van der Waals surface area contributed by atoms with Crippen molar-refractivity contribution < 1.29 is 13.9 Å². The normalized spacial score (nSPS) is 14.9. The van der Waals surface area contributed by atoms with Gasteiger partial charge in [0.25, 0.3) is 5.91 Å². The number of hydrogen-bond donors (Lipinski definition) is 0. The van der Waals surface area contributed by atoms with Crippen LogP contribution in [0, 0.1) is 20.8 Å². The molecule has 1 atom stereocenters. The van der Waals surface area contributed by atoms with E-state index in [0.717, 1.165) is 46.4 Å². The summed E-state index contributed by atoms with van der Waals surface area (Å²) >= 11 is 0. The highest BCUT2D eigenvalue weighted by molar-refractivity contribution is 5.99. The Balaban J connectivity index is 1.67. The fourth-order valence-electron chi connectivity index (χ4n) is 4.98. The smallest absolute Gasteiger partial charge is 0.291 e. The summed E-state index contributed by atoms with van der Waals surface area (Å²) < 4.78 is 12.2. The third-order valence-corrected chi connectivity index (χ3v) is 6.81.